The summed E-state index contributed by atoms with van der Waals surface area (Å²) in [5.74, 6) is -4.77. The van der Waals surface area contributed by atoms with Crippen LogP contribution in [0, 0.1) is 0 Å². The van der Waals surface area contributed by atoms with Crippen LogP contribution in [0.1, 0.15) is 164 Å². The molecule has 0 spiro atoms. The Kier molecular flexibility index (Phi) is 24.3. The Morgan fingerprint density at radius 3 is 1.64 bits per heavy atom. The molecule has 1 heterocycles. The quantitative estimate of drug-likeness (QED) is 0.0132. The van der Waals surface area contributed by atoms with Crippen LogP contribution in [0.25, 0.3) is 10.4 Å². The second-order valence-corrected chi connectivity index (χ2v) is 20.0. The molecule has 398 valence electrons. The average Bonchev–Trinajstić information content (AvgIpc) is 3.35. The van der Waals surface area contributed by atoms with Crippen molar-refractivity contribution in [2.75, 3.05) is 13.2 Å². The minimum atomic E-state index is -2.22. The van der Waals surface area contributed by atoms with E-state index in [4.69, 9.17) is 42.6 Å². The maximum Gasteiger partial charge on any atom is 0.509 e. The molecule has 1 aliphatic heterocycles. The molecule has 0 amide bonds. The van der Waals surface area contributed by atoms with Crippen LogP contribution in [0.4, 0.5) is 9.59 Å². The lowest BCUT2D eigenvalue weighted by molar-refractivity contribution is -0.356. The predicted octanol–water partition coefficient (Wildman–Crippen LogP) is 13.0. The molecule has 0 aliphatic carbocycles. The van der Waals surface area contributed by atoms with Crippen LogP contribution in [0.15, 0.2) is 108 Å². The number of benzene rings is 3. The number of ether oxygens (including phenoxy) is 9. The van der Waals surface area contributed by atoms with Gasteiger partial charge in [-0.3, -0.25) is 0 Å². The third-order valence-electron chi connectivity index (χ3n) is 11.4. The summed E-state index contributed by atoms with van der Waals surface area (Å²) in [5, 5.41) is 4.02. The fourth-order valence-corrected chi connectivity index (χ4v) is 7.83. The van der Waals surface area contributed by atoms with Crippen LogP contribution in [-0.2, 0) is 42.6 Å². The van der Waals surface area contributed by atoms with Crippen molar-refractivity contribution in [1.82, 2.24) is 0 Å². The molecule has 0 unspecified atom stereocenters. The summed E-state index contributed by atoms with van der Waals surface area (Å²) in [6, 6.07) is 22.8. The fourth-order valence-electron chi connectivity index (χ4n) is 7.83. The highest BCUT2D eigenvalue weighted by Crippen LogP contribution is 2.38. The number of nitrogens with zero attached hydrogens (tertiary/aromatic N) is 3. The molecular formula is C56H75N3O14. The van der Waals surface area contributed by atoms with E-state index in [1.54, 1.807) is 114 Å². The van der Waals surface area contributed by atoms with E-state index in [1.807, 2.05) is 6.08 Å². The first kappa shape index (κ1) is 59.1. The monoisotopic (exact) mass is 1010 g/mol. The number of carbonyl (C=O) groups excluding carboxylic acids is 5. The maximum absolute atomic E-state index is 14.1. The van der Waals surface area contributed by atoms with Gasteiger partial charge in [0.15, 0.2) is 18.3 Å². The molecule has 0 radical (unpaired) electrons. The molecule has 1 aliphatic rings. The third-order valence-corrected chi connectivity index (χ3v) is 11.4. The predicted molar refractivity (Wildman–Crippen MR) is 273 cm³/mol. The summed E-state index contributed by atoms with van der Waals surface area (Å²) in [7, 11) is 0. The van der Waals surface area contributed by atoms with Crippen LogP contribution in [0.5, 0.6) is 0 Å². The number of unbranched alkanes of at least 4 members (excludes halogenated alkanes) is 11. The zero-order chi connectivity index (χ0) is 53.3. The van der Waals surface area contributed by atoms with Gasteiger partial charge in [0.1, 0.15) is 36.1 Å². The van der Waals surface area contributed by atoms with Crippen molar-refractivity contribution >= 4 is 30.2 Å². The molecule has 17 nitrogen and oxygen atoms in total. The Morgan fingerprint density at radius 1 is 0.658 bits per heavy atom. The van der Waals surface area contributed by atoms with E-state index in [9.17, 15) is 29.5 Å². The van der Waals surface area contributed by atoms with Crippen molar-refractivity contribution in [1.29, 1.82) is 0 Å². The van der Waals surface area contributed by atoms with E-state index in [0.29, 0.717) is 6.42 Å². The Balaban J connectivity index is 1.74. The van der Waals surface area contributed by atoms with Gasteiger partial charge in [0.25, 0.3) is 0 Å². The summed E-state index contributed by atoms with van der Waals surface area (Å²) in [6.07, 6.45) is 6.67. The van der Waals surface area contributed by atoms with E-state index in [2.05, 4.69) is 16.9 Å². The molecule has 73 heavy (non-hydrogen) atoms. The average molecular weight is 1010 g/mol. The number of azide groups is 1. The van der Waals surface area contributed by atoms with Gasteiger partial charge >= 0.3 is 30.2 Å². The topological polar surface area (TPSA) is 217 Å². The summed E-state index contributed by atoms with van der Waals surface area (Å²) in [6.45, 7) is 12.0. The standard InChI is InChI=1S/C56H75N3O14/c1-9-10-11-12-13-14-15-16-17-18-19-20-30-37-44(67-49(60)40-31-24-21-25-32-40)43(58-59-57)38-66-56(8)48(70-51(62)42-35-28-23-29-36-42)47(68-50(61)41-33-26-22-27-34-41)46(69-53(64)73-55(5,6)7)45(71-56)39-65-52(63)72-54(2,3)4/h21-37,43-48H,9-20,38-39H2,1-8H3/t43-,44+,45+,46-,47-,48+,56-/m0/s1. The highest BCUT2D eigenvalue weighted by molar-refractivity contribution is 5.91. The van der Waals surface area contributed by atoms with Gasteiger partial charge in [-0.1, -0.05) is 137 Å². The minimum absolute atomic E-state index is 0.0776. The van der Waals surface area contributed by atoms with Gasteiger partial charge in [0.05, 0.1) is 23.3 Å². The lowest BCUT2D eigenvalue weighted by Gasteiger charge is -2.49. The van der Waals surface area contributed by atoms with E-state index in [1.165, 1.54) is 76.1 Å². The molecule has 3 aromatic carbocycles. The van der Waals surface area contributed by atoms with E-state index >= 15 is 0 Å². The molecule has 0 N–H and O–H groups in total. The first-order valence-electron chi connectivity index (χ1n) is 25.4. The Morgan fingerprint density at radius 2 is 1.14 bits per heavy atom. The van der Waals surface area contributed by atoms with Crippen molar-refractivity contribution < 1.29 is 66.6 Å². The zero-order valence-corrected chi connectivity index (χ0v) is 43.7. The van der Waals surface area contributed by atoms with E-state index in [0.717, 1.165) is 25.7 Å². The second-order valence-electron chi connectivity index (χ2n) is 20.0. The Hall–Kier alpha value is -6.42. The van der Waals surface area contributed by atoms with Crippen molar-refractivity contribution in [3.8, 4) is 0 Å². The summed E-state index contributed by atoms with van der Waals surface area (Å²) in [5.41, 5.74) is 8.33. The Bertz CT molecular complexity index is 2240. The summed E-state index contributed by atoms with van der Waals surface area (Å²) < 4.78 is 53.9. The number of hydrogen-bond acceptors (Lipinski definition) is 15. The zero-order valence-electron chi connectivity index (χ0n) is 43.7. The van der Waals surface area contributed by atoms with Crippen LogP contribution in [0.3, 0.4) is 0 Å². The number of carbonyl (C=O) groups is 5. The number of rotatable bonds is 27. The maximum atomic E-state index is 14.1. The van der Waals surface area contributed by atoms with Gasteiger partial charge in [0, 0.05) is 4.91 Å². The highest BCUT2D eigenvalue weighted by Gasteiger charge is 2.60. The van der Waals surface area contributed by atoms with Gasteiger partial charge in [-0.25, -0.2) is 24.0 Å². The molecule has 0 saturated carbocycles. The van der Waals surface area contributed by atoms with Crippen LogP contribution >= 0.6 is 0 Å². The van der Waals surface area contributed by atoms with Crippen molar-refractivity contribution in [3.63, 3.8) is 0 Å². The molecule has 17 heteroatoms. The van der Waals surface area contributed by atoms with Gasteiger partial charge < -0.3 is 42.6 Å². The second kappa shape index (κ2) is 29.9. The smallest absolute Gasteiger partial charge is 0.454 e. The molecule has 0 aromatic heterocycles. The van der Waals surface area contributed by atoms with Crippen LogP contribution in [-0.4, -0.2) is 97.0 Å². The fraction of sp³-hybridized carbons (Fsp3) is 0.554. The molecule has 0 bridgehead atoms. The van der Waals surface area contributed by atoms with E-state index in [-0.39, 0.29) is 16.7 Å². The molecular weight excluding hydrogens is 939 g/mol. The number of allylic oxidation sites excluding steroid dienone is 1. The molecule has 7 atom stereocenters. The Labute approximate surface area is 430 Å². The SMILES string of the molecule is CCCCCCCCCCCCCC=C[C@@H](OC(=O)c1ccccc1)[C@H](CO[C@@]1(C)O[C@H](COC(=O)OC(C)(C)C)[C@H](OC(=O)OC(C)(C)C)[C@H](OC(=O)c2ccccc2)[C@H]1OC(=O)c1ccccc1)N=[N+]=[N-]. The molecule has 3 aromatic rings. The van der Waals surface area contributed by atoms with Crippen LogP contribution in [0.2, 0.25) is 0 Å². The van der Waals surface area contributed by atoms with Gasteiger partial charge in [0.2, 0.25) is 5.79 Å². The number of hydrogen-bond donors (Lipinski definition) is 0. The summed E-state index contributed by atoms with van der Waals surface area (Å²) >= 11 is 0. The largest absolute Gasteiger partial charge is 0.509 e. The lowest BCUT2D eigenvalue weighted by Crippen LogP contribution is -2.68. The first-order chi connectivity index (χ1) is 34.8. The van der Waals surface area contributed by atoms with Crippen molar-refractivity contribution in [2.45, 2.75) is 186 Å². The molecule has 1 saturated heterocycles. The van der Waals surface area contributed by atoms with Gasteiger partial charge in [-0.05, 0) is 109 Å². The first-order valence-corrected chi connectivity index (χ1v) is 25.4. The third kappa shape index (κ3) is 21.3. The molecule has 4 rings (SSSR count). The molecule has 1 fully saturated rings. The van der Waals surface area contributed by atoms with Crippen molar-refractivity contribution in [2.24, 2.45) is 5.11 Å². The lowest BCUT2D eigenvalue weighted by atomic mass is 9.92. The van der Waals surface area contributed by atoms with Crippen LogP contribution < -0.4 is 0 Å². The normalized spacial score (nSPS) is 19.6. The van der Waals surface area contributed by atoms with E-state index < -0.39 is 97.0 Å². The summed E-state index contributed by atoms with van der Waals surface area (Å²) in [4.78, 5) is 71.6. The van der Waals surface area contributed by atoms with Gasteiger partial charge in [-0.2, -0.15) is 0 Å². The highest BCUT2D eigenvalue weighted by atomic mass is 16.8. The number of esters is 3. The van der Waals surface area contributed by atoms with Gasteiger partial charge in [-0.15, -0.1) is 0 Å². The van der Waals surface area contributed by atoms with Crippen molar-refractivity contribution in [3.05, 3.63) is 130 Å². The minimum Gasteiger partial charge on any atom is -0.454 e.